The molecule has 51 heavy (non-hydrogen) atoms. The quantitative estimate of drug-likeness (QED) is 0.290. The van der Waals surface area contributed by atoms with Crippen molar-refractivity contribution in [3.63, 3.8) is 0 Å². The highest BCUT2D eigenvalue weighted by molar-refractivity contribution is 7.92. The lowest BCUT2D eigenvalue weighted by Gasteiger charge is -2.35. The standard InChI is InChI=1S/C35H47N5O10S/c1-21-17-40(22(2)19-41)34(42)28-15-27(38-51(44,45)33-24(4)37-50-25(33)5)11-12-29(28)49-23(3)9-7-8-14-46-32(21)18-39(6)35(43)36-26-10-13-30-31(16-26)48-20-47-30/h10-13,15-16,21-23,32,38,41H,7-9,14,17-20H2,1-6H3,(H,36,43)/t21-,22-,23-,32+/m0/s1. The fourth-order valence-electron chi connectivity index (χ4n) is 6.06. The largest absolute Gasteiger partial charge is 0.490 e. The number of aromatic nitrogens is 1. The second-order valence-electron chi connectivity index (χ2n) is 13.1. The molecular weight excluding hydrogens is 682 g/mol. The lowest BCUT2D eigenvalue weighted by Crippen LogP contribution is -2.48. The van der Waals surface area contributed by atoms with Crippen molar-refractivity contribution in [2.75, 3.05) is 50.2 Å². The number of aryl methyl sites for hydroxylation is 2. The van der Waals surface area contributed by atoms with Gasteiger partial charge in [-0.25, -0.2) is 13.2 Å². The van der Waals surface area contributed by atoms with Gasteiger partial charge in [-0.1, -0.05) is 12.1 Å². The van der Waals surface area contributed by atoms with Crippen LogP contribution in [0.2, 0.25) is 0 Å². The van der Waals surface area contributed by atoms with Crippen LogP contribution in [0, 0.1) is 19.8 Å². The van der Waals surface area contributed by atoms with Gasteiger partial charge in [0.2, 0.25) is 6.79 Å². The molecule has 1 aromatic heterocycles. The summed E-state index contributed by atoms with van der Waals surface area (Å²) in [5.74, 6) is 0.826. The molecule has 0 unspecified atom stereocenters. The third-order valence-electron chi connectivity index (χ3n) is 8.96. The number of likely N-dealkylation sites (N-methyl/N-ethyl adjacent to an activating group) is 1. The zero-order chi connectivity index (χ0) is 36.9. The van der Waals surface area contributed by atoms with Crippen LogP contribution < -0.4 is 24.2 Å². The highest BCUT2D eigenvalue weighted by Crippen LogP contribution is 2.34. The van der Waals surface area contributed by atoms with Crippen LogP contribution in [0.5, 0.6) is 17.2 Å². The van der Waals surface area contributed by atoms with E-state index in [9.17, 15) is 23.1 Å². The molecule has 3 heterocycles. The molecule has 4 atom stereocenters. The number of amides is 3. The van der Waals surface area contributed by atoms with Crippen LogP contribution in [-0.4, -0.2) is 98.8 Å². The van der Waals surface area contributed by atoms with Crippen molar-refractivity contribution < 1.29 is 46.6 Å². The van der Waals surface area contributed by atoms with Gasteiger partial charge in [-0.15, -0.1) is 0 Å². The molecule has 0 saturated carbocycles. The Bertz CT molecular complexity index is 1800. The monoisotopic (exact) mass is 729 g/mol. The molecule has 0 radical (unpaired) electrons. The Balaban J connectivity index is 1.40. The van der Waals surface area contributed by atoms with E-state index in [0.717, 1.165) is 12.8 Å². The second-order valence-corrected chi connectivity index (χ2v) is 14.8. The van der Waals surface area contributed by atoms with Crippen molar-refractivity contribution in [2.45, 2.75) is 77.0 Å². The first-order chi connectivity index (χ1) is 24.3. The zero-order valence-electron chi connectivity index (χ0n) is 29.8. The number of benzene rings is 2. The third-order valence-corrected chi connectivity index (χ3v) is 10.6. The Morgan fingerprint density at radius 3 is 2.53 bits per heavy atom. The van der Waals surface area contributed by atoms with Crippen molar-refractivity contribution in [1.29, 1.82) is 0 Å². The molecular formula is C35H47N5O10S. The predicted octanol–water partition coefficient (Wildman–Crippen LogP) is 4.78. The number of hydrogen-bond donors (Lipinski definition) is 3. The number of anilines is 2. The Morgan fingerprint density at radius 1 is 1.08 bits per heavy atom. The highest BCUT2D eigenvalue weighted by Gasteiger charge is 2.32. The molecule has 2 aliphatic rings. The van der Waals surface area contributed by atoms with Gasteiger partial charge in [0.05, 0.1) is 30.4 Å². The number of carbonyl (C=O) groups is 2. The number of urea groups is 1. The number of nitrogens with one attached hydrogen (secondary N) is 2. The lowest BCUT2D eigenvalue weighted by atomic mass is 10.0. The fourth-order valence-corrected chi connectivity index (χ4v) is 7.44. The number of fused-ring (bicyclic) bond motifs is 2. The van der Waals surface area contributed by atoms with E-state index in [4.69, 9.17) is 23.5 Å². The molecule has 0 bridgehead atoms. The molecule has 0 spiro atoms. The topological polar surface area (TPSA) is 182 Å². The van der Waals surface area contributed by atoms with Crippen molar-refractivity contribution in [3.8, 4) is 17.2 Å². The van der Waals surface area contributed by atoms with Gasteiger partial charge in [-0.3, -0.25) is 9.52 Å². The van der Waals surface area contributed by atoms with Crippen LogP contribution in [-0.2, 0) is 14.8 Å². The maximum absolute atomic E-state index is 14.4. The number of aliphatic hydroxyl groups excluding tert-OH is 1. The van der Waals surface area contributed by atoms with Crippen LogP contribution in [0.1, 0.15) is 61.8 Å². The molecule has 16 heteroatoms. The van der Waals surface area contributed by atoms with Crippen molar-refractivity contribution >= 4 is 33.3 Å². The van der Waals surface area contributed by atoms with E-state index in [1.54, 1.807) is 38.2 Å². The van der Waals surface area contributed by atoms with Crippen LogP contribution in [0.4, 0.5) is 16.2 Å². The van der Waals surface area contributed by atoms with Crippen LogP contribution in [0.15, 0.2) is 45.8 Å². The molecule has 2 aromatic carbocycles. The first kappa shape index (κ1) is 37.7. The summed E-state index contributed by atoms with van der Waals surface area (Å²) in [6.07, 6.45) is 1.47. The van der Waals surface area contributed by atoms with E-state index in [1.165, 1.54) is 35.8 Å². The highest BCUT2D eigenvalue weighted by atomic mass is 32.2. The summed E-state index contributed by atoms with van der Waals surface area (Å²) in [6.45, 7) is 9.21. The molecule has 3 amide bonds. The molecule has 3 aromatic rings. The first-order valence-corrected chi connectivity index (χ1v) is 18.5. The SMILES string of the molecule is Cc1noc(C)c1S(=O)(=O)Nc1ccc2c(c1)C(=O)N([C@@H](C)CO)C[C@H](C)[C@@H](CN(C)C(=O)Nc1ccc3c(c1)OCO3)OCCCC[C@H](C)O2. The number of aliphatic hydroxyl groups is 1. The summed E-state index contributed by atoms with van der Waals surface area (Å²) in [4.78, 5) is 30.7. The van der Waals surface area contributed by atoms with E-state index in [2.05, 4.69) is 15.2 Å². The first-order valence-electron chi connectivity index (χ1n) is 17.0. The molecule has 278 valence electrons. The summed E-state index contributed by atoms with van der Waals surface area (Å²) in [6, 6.07) is 8.74. The van der Waals surface area contributed by atoms with Gasteiger partial charge in [0, 0.05) is 50.1 Å². The number of rotatable bonds is 8. The molecule has 3 N–H and O–H groups in total. The molecule has 15 nitrogen and oxygen atoms in total. The Labute approximate surface area is 298 Å². The van der Waals surface area contributed by atoms with Crippen LogP contribution >= 0.6 is 0 Å². The fraction of sp³-hybridized carbons (Fsp3) is 0.514. The number of carbonyl (C=O) groups excluding carboxylic acids is 2. The van der Waals surface area contributed by atoms with Gasteiger partial charge >= 0.3 is 6.03 Å². The third kappa shape index (κ3) is 9.04. The summed E-state index contributed by atoms with van der Waals surface area (Å²) < 4.78 is 57.7. The Hall–Kier alpha value is -4.54. The smallest absolute Gasteiger partial charge is 0.321 e. The minimum absolute atomic E-state index is 0.0799. The normalized spacial score (nSPS) is 20.5. The lowest BCUT2D eigenvalue weighted by molar-refractivity contribution is -0.0115. The molecule has 0 saturated heterocycles. The summed E-state index contributed by atoms with van der Waals surface area (Å²) in [5, 5.41) is 16.9. The van der Waals surface area contributed by atoms with Crippen LogP contribution in [0.25, 0.3) is 0 Å². The van der Waals surface area contributed by atoms with Crippen molar-refractivity contribution in [3.05, 3.63) is 53.4 Å². The average molecular weight is 730 g/mol. The van der Waals surface area contributed by atoms with Gasteiger partial charge in [-0.05, 0) is 77.3 Å². The van der Waals surface area contributed by atoms with E-state index in [1.807, 2.05) is 13.8 Å². The van der Waals surface area contributed by atoms with Gasteiger partial charge in [0.15, 0.2) is 22.2 Å². The number of hydrogen-bond acceptors (Lipinski definition) is 11. The van der Waals surface area contributed by atoms with E-state index < -0.39 is 28.1 Å². The van der Waals surface area contributed by atoms with E-state index in [-0.39, 0.29) is 72.1 Å². The number of ether oxygens (including phenoxy) is 4. The molecule has 0 fully saturated rings. The maximum atomic E-state index is 14.4. The van der Waals surface area contributed by atoms with E-state index >= 15 is 0 Å². The number of sulfonamides is 1. The maximum Gasteiger partial charge on any atom is 0.321 e. The molecule has 0 aliphatic carbocycles. The second kappa shape index (κ2) is 16.2. The van der Waals surface area contributed by atoms with Crippen molar-refractivity contribution in [2.24, 2.45) is 5.92 Å². The summed E-state index contributed by atoms with van der Waals surface area (Å²) in [5.41, 5.74) is 1.02. The minimum atomic E-state index is -4.10. The van der Waals surface area contributed by atoms with Crippen molar-refractivity contribution in [1.82, 2.24) is 15.0 Å². The van der Waals surface area contributed by atoms with Gasteiger partial charge in [0.25, 0.3) is 15.9 Å². The van der Waals surface area contributed by atoms with Gasteiger partial charge in [0.1, 0.15) is 11.4 Å². The summed E-state index contributed by atoms with van der Waals surface area (Å²) in [7, 11) is -2.43. The summed E-state index contributed by atoms with van der Waals surface area (Å²) >= 11 is 0. The van der Waals surface area contributed by atoms with Crippen LogP contribution in [0.3, 0.4) is 0 Å². The predicted molar refractivity (Wildman–Crippen MR) is 188 cm³/mol. The van der Waals surface area contributed by atoms with E-state index in [0.29, 0.717) is 36.0 Å². The average Bonchev–Trinajstić information content (AvgIpc) is 3.70. The Morgan fingerprint density at radius 2 is 1.80 bits per heavy atom. The molecule has 5 rings (SSSR count). The zero-order valence-corrected chi connectivity index (χ0v) is 30.6. The Kier molecular flexibility index (Phi) is 12.0. The minimum Gasteiger partial charge on any atom is -0.490 e. The van der Waals surface area contributed by atoms with Gasteiger partial charge in [-0.2, -0.15) is 0 Å². The van der Waals surface area contributed by atoms with Gasteiger partial charge < -0.3 is 43.7 Å². The number of nitrogens with zero attached hydrogens (tertiary/aromatic N) is 3. The molecule has 2 aliphatic heterocycles.